The van der Waals surface area contributed by atoms with Gasteiger partial charge in [0.15, 0.2) is 0 Å². The molecule has 5 heteroatoms. The van der Waals surface area contributed by atoms with Crippen molar-refractivity contribution in [3.8, 4) is 0 Å². The summed E-state index contributed by atoms with van der Waals surface area (Å²) in [5, 5.41) is 0.144. The van der Waals surface area contributed by atoms with Crippen LogP contribution in [0.5, 0.6) is 0 Å². The van der Waals surface area contributed by atoms with E-state index in [2.05, 4.69) is 61.3 Å². The number of likely N-dealkylation sites (N-methyl/N-ethyl adjacent to an activating group) is 1. The van der Waals surface area contributed by atoms with E-state index in [9.17, 15) is 4.39 Å². The lowest BCUT2D eigenvalue weighted by Crippen LogP contribution is -2.17. The summed E-state index contributed by atoms with van der Waals surface area (Å²) in [6.07, 6.45) is 14.6. The lowest BCUT2D eigenvalue weighted by atomic mass is 9.95. The molecule has 1 heterocycles. The topological polar surface area (TPSA) is 24.8 Å². The van der Waals surface area contributed by atoms with Crippen LogP contribution >= 0.6 is 11.6 Å². The molecule has 0 bridgehead atoms. The molecule has 1 unspecified atom stereocenters. The summed E-state index contributed by atoms with van der Waals surface area (Å²) in [6.45, 7) is 5.74. The Morgan fingerprint density at radius 2 is 2.03 bits per heavy atom. The number of fused-ring (bicyclic) bond motifs is 1. The third-order valence-electron chi connectivity index (χ3n) is 5.83. The molecular weight excluding hydrogens is 459 g/mol. The van der Waals surface area contributed by atoms with E-state index in [0.717, 1.165) is 46.7 Å². The van der Waals surface area contributed by atoms with E-state index in [1.54, 1.807) is 12.1 Å². The van der Waals surface area contributed by atoms with Crippen molar-refractivity contribution in [2.24, 2.45) is 10.9 Å². The van der Waals surface area contributed by atoms with Crippen LogP contribution in [0.15, 0.2) is 65.7 Å². The number of aliphatic imine (C=N–C) groups is 1. The Morgan fingerprint density at radius 1 is 1.20 bits per heavy atom. The molecule has 0 fully saturated rings. The first kappa shape index (κ1) is 26.9. The normalized spacial score (nSPS) is 15.9. The average Bonchev–Trinajstić information content (AvgIpc) is 2.98. The van der Waals surface area contributed by atoms with Crippen molar-refractivity contribution in [1.82, 2.24) is 4.90 Å². The maximum Gasteiger partial charge on any atom is 0.141 e. The standard InChI is InChI=1S/C30H36ClFN2O/c1-5-6-7-8-9-10-24(18-23-11-13-28(32)27(31)19-23)25-12-14-29-26(20-25)30(17-22(2)21-33-29)35-16-15-34(3)4/h8-14,17,19-22H,5-7,15-16,18H2,1-4H3. The van der Waals surface area contributed by atoms with Crippen molar-refractivity contribution in [3.63, 3.8) is 0 Å². The van der Waals surface area contributed by atoms with Crippen LogP contribution in [0.25, 0.3) is 11.3 Å². The molecule has 0 saturated heterocycles. The maximum atomic E-state index is 13.7. The van der Waals surface area contributed by atoms with Gasteiger partial charge in [-0.2, -0.15) is 0 Å². The first-order valence-electron chi connectivity index (χ1n) is 12.3. The predicted octanol–water partition coefficient (Wildman–Crippen LogP) is 8.12. The van der Waals surface area contributed by atoms with Crippen molar-refractivity contribution < 1.29 is 9.13 Å². The highest BCUT2D eigenvalue weighted by Crippen LogP contribution is 2.34. The molecule has 0 aromatic heterocycles. The van der Waals surface area contributed by atoms with Crippen molar-refractivity contribution in [1.29, 1.82) is 0 Å². The molecule has 0 N–H and O–H groups in total. The van der Waals surface area contributed by atoms with Gasteiger partial charge in [-0.3, -0.25) is 4.99 Å². The molecule has 0 radical (unpaired) electrons. The Balaban J connectivity index is 1.97. The molecule has 186 valence electrons. The van der Waals surface area contributed by atoms with Crippen LogP contribution in [0.3, 0.4) is 0 Å². The highest BCUT2D eigenvalue weighted by molar-refractivity contribution is 6.30. The van der Waals surface area contributed by atoms with Crippen LogP contribution in [-0.2, 0) is 11.2 Å². The van der Waals surface area contributed by atoms with Gasteiger partial charge in [-0.1, -0.05) is 68.7 Å². The number of unbranched alkanes of at least 4 members (excludes halogenated alkanes) is 2. The van der Waals surface area contributed by atoms with Gasteiger partial charge in [-0.15, -0.1) is 0 Å². The molecule has 0 aliphatic carbocycles. The highest BCUT2D eigenvalue weighted by Gasteiger charge is 2.16. The second kappa shape index (κ2) is 13.4. The number of hydrogen-bond acceptors (Lipinski definition) is 3. The van der Waals surface area contributed by atoms with Crippen LogP contribution < -0.4 is 0 Å². The zero-order valence-corrected chi connectivity index (χ0v) is 22.0. The summed E-state index contributed by atoms with van der Waals surface area (Å²) in [4.78, 5) is 6.81. The number of ether oxygens (including phenoxy) is 1. The van der Waals surface area contributed by atoms with Crippen LogP contribution in [0.1, 0.15) is 49.8 Å². The number of benzene rings is 2. The molecule has 0 spiro atoms. The van der Waals surface area contributed by atoms with Gasteiger partial charge in [0.2, 0.25) is 0 Å². The number of rotatable bonds is 11. The molecule has 2 aromatic rings. The third-order valence-corrected chi connectivity index (χ3v) is 6.12. The highest BCUT2D eigenvalue weighted by atomic mass is 35.5. The molecule has 0 saturated carbocycles. The predicted molar refractivity (Wildman–Crippen MR) is 148 cm³/mol. The van der Waals surface area contributed by atoms with Crippen molar-refractivity contribution in [2.75, 3.05) is 27.2 Å². The summed E-state index contributed by atoms with van der Waals surface area (Å²) in [7, 11) is 4.07. The third kappa shape index (κ3) is 8.19. The summed E-state index contributed by atoms with van der Waals surface area (Å²) in [6, 6.07) is 11.2. The van der Waals surface area contributed by atoms with Gasteiger partial charge in [0, 0.05) is 24.2 Å². The van der Waals surface area contributed by atoms with Gasteiger partial charge in [0.25, 0.3) is 0 Å². The van der Waals surface area contributed by atoms with E-state index in [1.165, 1.54) is 18.9 Å². The van der Waals surface area contributed by atoms with E-state index in [-0.39, 0.29) is 10.9 Å². The maximum absolute atomic E-state index is 13.7. The van der Waals surface area contributed by atoms with Crippen molar-refractivity contribution in [3.05, 3.63) is 88.2 Å². The Morgan fingerprint density at radius 3 is 2.77 bits per heavy atom. The van der Waals surface area contributed by atoms with Crippen LogP contribution in [0, 0.1) is 11.7 Å². The number of hydrogen-bond donors (Lipinski definition) is 0. The van der Waals surface area contributed by atoms with Gasteiger partial charge >= 0.3 is 0 Å². The molecule has 1 aliphatic heterocycles. The number of allylic oxidation sites excluding steroid dienone is 5. The van der Waals surface area contributed by atoms with E-state index < -0.39 is 5.82 Å². The number of nitrogens with zero attached hydrogens (tertiary/aromatic N) is 2. The molecule has 0 amide bonds. The Hall–Kier alpha value is -2.69. The molecule has 2 aromatic carbocycles. The second-order valence-corrected chi connectivity index (χ2v) is 9.65. The zero-order chi connectivity index (χ0) is 25.2. The summed E-state index contributed by atoms with van der Waals surface area (Å²) < 4.78 is 20.0. The molecule has 1 aliphatic rings. The van der Waals surface area contributed by atoms with E-state index >= 15 is 0 Å². The minimum atomic E-state index is -0.401. The lowest BCUT2D eigenvalue weighted by molar-refractivity contribution is 0.232. The van der Waals surface area contributed by atoms with Gasteiger partial charge in [0.1, 0.15) is 18.2 Å². The fraction of sp³-hybridized carbons (Fsp3) is 0.367. The first-order chi connectivity index (χ1) is 16.9. The quantitative estimate of drug-likeness (QED) is 0.232. The zero-order valence-electron chi connectivity index (χ0n) is 21.2. The fourth-order valence-electron chi connectivity index (χ4n) is 3.81. The molecule has 3 nitrogen and oxygen atoms in total. The van der Waals surface area contributed by atoms with E-state index in [0.29, 0.717) is 13.0 Å². The smallest absolute Gasteiger partial charge is 0.141 e. The minimum absolute atomic E-state index is 0.144. The Kier molecular flexibility index (Phi) is 10.3. The van der Waals surface area contributed by atoms with Gasteiger partial charge < -0.3 is 9.64 Å². The van der Waals surface area contributed by atoms with Crippen molar-refractivity contribution in [2.45, 2.75) is 39.5 Å². The lowest BCUT2D eigenvalue weighted by Gasteiger charge is -2.17. The van der Waals surface area contributed by atoms with E-state index in [1.807, 2.05) is 20.3 Å². The summed E-state index contributed by atoms with van der Waals surface area (Å²) in [5.41, 5.74) is 5.05. The van der Waals surface area contributed by atoms with Crippen molar-refractivity contribution >= 4 is 34.8 Å². The van der Waals surface area contributed by atoms with Gasteiger partial charge in [-0.25, -0.2) is 4.39 Å². The SMILES string of the molecule is CCCCC=CC=C(Cc1ccc(F)c(Cl)c1)c1ccc2c(c1)C(OCCN(C)C)=CC(C)C=N2. The van der Waals surface area contributed by atoms with Crippen LogP contribution in [0.4, 0.5) is 10.1 Å². The second-order valence-electron chi connectivity index (χ2n) is 9.24. The van der Waals surface area contributed by atoms with E-state index in [4.69, 9.17) is 21.3 Å². The summed E-state index contributed by atoms with van der Waals surface area (Å²) in [5.74, 6) is 0.636. The monoisotopic (exact) mass is 494 g/mol. The fourth-order valence-corrected chi connectivity index (χ4v) is 4.01. The average molecular weight is 495 g/mol. The molecule has 1 atom stereocenters. The first-order valence-corrected chi connectivity index (χ1v) is 12.7. The van der Waals surface area contributed by atoms with Crippen LogP contribution in [-0.4, -0.2) is 38.4 Å². The summed E-state index contributed by atoms with van der Waals surface area (Å²) >= 11 is 6.07. The number of halogens is 2. The van der Waals surface area contributed by atoms with Crippen LogP contribution in [0.2, 0.25) is 5.02 Å². The minimum Gasteiger partial charge on any atom is -0.492 e. The molecular formula is C30H36ClFN2O. The molecule has 35 heavy (non-hydrogen) atoms. The van der Waals surface area contributed by atoms with Gasteiger partial charge in [-0.05, 0) is 74.0 Å². The Labute approximate surface area is 214 Å². The largest absolute Gasteiger partial charge is 0.492 e. The molecule has 3 rings (SSSR count). The Bertz CT molecular complexity index is 1120. The van der Waals surface area contributed by atoms with Gasteiger partial charge in [0.05, 0.1) is 10.7 Å².